The van der Waals surface area contributed by atoms with Gasteiger partial charge in [-0.25, -0.2) is 4.39 Å². The lowest BCUT2D eigenvalue weighted by Gasteiger charge is -2.19. The van der Waals surface area contributed by atoms with Gasteiger partial charge in [-0.1, -0.05) is 6.07 Å². The van der Waals surface area contributed by atoms with Crippen LogP contribution in [0, 0.1) is 5.82 Å². The Balaban J connectivity index is 2.02. The zero-order chi connectivity index (χ0) is 12.3. The van der Waals surface area contributed by atoms with E-state index in [4.69, 9.17) is 4.74 Å². The second-order valence-corrected chi connectivity index (χ2v) is 4.42. The van der Waals surface area contributed by atoms with Crippen molar-refractivity contribution >= 4 is 0 Å². The third-order valence-electron chi connectivity index (χ3n) is 3.19. The second-order valence-electron chi connectivity index (χ2n) is 4.42. The molecule has 1 fully saturated rings. The number of ether oxygens (including phenoxy) is 1. The third-order valence-corrected chi connectivity index (χ3v) is 3.19. The SMILES string of the molecule is COc1ccc(C(O)CN2CCCC2)cc1F. The Hall–Kier alpha value is -1.13. The standard InChI is InChI=1S/C13H18FNO2/c1-17-13-5-4-10(8-11(13)14)12(16)9-15-6-2-3-7-15/h4-5,8,12,16H,2-3,6-7,9H2,1H3. The van der Waals surface area contributed by atoms with E-state index in [0.717, 1.165) is 13.1 Å². The van der Waals surface area contributed by atoms with Crippen LogP contribution in [0.2, 0.25) is 0 Å². The van der Waals surface area contributed by atoms with E-state index in [1.807, 2.05) is 0 Å². The molecule has 1 aliphatic rings. The number of aliphatic hydroxyl groups excluding tert-OH is 1. The second kappa shape index (κ2) is 5.47. The lowest BCUT2D eigenvalue weighted by atomic mass is 10.1. The molecule has 1 aromatic carbocycles. The fourth-order valence-electron chi connectivity index (χ4n) is 2.21. The van der Waals surface area contributed by atoms with E-state index >= 15 is 0 Å². The first-order valence-electron chi connectivity index (χ1n) is 5.94. The van der Waals surface area contributed by atoms with E-state index < -0.39 is 11.9 Å². The Morgan fingerprint density at radius 1 is 1.41 bits per heavy atom. The van der Waals surface area contributed by atoms with Gasteiger partial charge in [-0.05, 0) is 43.6 Å². The van der Waals surface area contributed by atoms with Gasteiger partial charge in [0.2, 0.25) is 0 Å². The van der Waals surface area contributed by atoms with Crippen molar-refractivity contribution in [1.82, 2.24) is 4.90 Å². The van der Waals surface area contributed by atoms with Crippen molar-refractivity contribution in [2.75, 3.05) is 26.7 Å². The molecular weight excluding hydrogens is 221 g/mol. The van der Waals surface area contributed by atoms with Crippen LogP contribution in [0.3, 0.4) is 0 Å². The Morgan fingerprint density at radius 2 is 2.12 bits per heavy atom. The zero-order valence-electron chi connectivity index (χ0n) is 10.0. The van der Waals surface area contributed by atoms with Crippen LogP contribution in [0.25, 0.3) is 0 Å². The van der Waals surface area contributed by atoms with Gasteiger partial charge in [-0.15, -0.1) is 0 Å². The summed E-state index contributed by atoms with van der Waals surface area (Å²) in [6.07, 6.45) is 1.74. The van der Waals surface area contributed by atoms with Crippen molar-refractivity contribution in [1.29, 1.82) is 0 Å². The molecule has 1 aliphatic heterocycles. The minimum atomic E-state index is -0.631. The topological polar surface area (TPSA) is 32.7 Å². The third kappa shape index (κ3) is 2.96. The summed E-state index contributed by atoms with van der Waals surface area (Å²) in [6, 6.07) is 4.61. The monoisotopic (exact) mass is 239 g/mol. The van der Waals surface area contributed by atoms with Crippen molar-refractivity contribution in [3.05, 3.63) is 29.6 Å². The summed E-state index contributed by atoms with van der Waals surface area (Å²) in [5, 5.41) is 10.0. The van der Waals surface area contributed by atoms with Crippen molar-refractivity contribution < 1.29 is 14.2 Å². The Bertz CT molecular complexity index is 378. The van der Waals surface area contributed by atoms with Crippen LogP contribution in [0.5, 0.6) is 5.75 Å². The fraction of sp³-hybridized carbons (Fsp3) is 0.538. The molecule has 1 saturated heterocycles. The summed E-state index contributed by atoms with van der Waals surface area (Å²) < 4.78 is 18.3. The number of halogens is 1. The van der Waals surface area contributed by atoms with Crippen molar-refractivity contribution in [3.63, 3.8) is 0 Å². The van der Waals surface area contributed by atoms with Crippen LogP contribution >= 0.6 is 0 Å². The molecule has 1 atom stereocenters. The first-order chi connectivity index (χ1) is 8.20. The molecule has 2 rings (SSSR count). The summed E-state index contributed by atoms with van der Waals surface area (Å²) >= 11 is 0. The Kier molecular flexibility index (Phi) is 3.97. The van der Waals surface area contributed by atoms with Gasteiger partial charge >= 0.3 is 0 Å². The van der Waals surface area contributed by atoms with Gasteiger partial charge in [0.1, 0.15) is 0 Å². The number of likely N-dealkylation sites (tertiary alicyclic amines) is 1. The molecule has 0 aromatic heterocycles. The van der Waals surface area contributed by atoms with Crippen LogP contribution in [-0.4, -0.2) is 36.8 Å². The van der Waals surface area contributed by atoms with E-state index in [2.05, 4.69) is 4.90 Å². The van der Waals surface area contributed by atoms with Crippen LogP contribution in [0.4, 0.5) is 4.39 Å². The highest BCUT2D eigenvalue weighted by Gasteiger charge is 2.17. The smallest absolute Gasteiger partial charge is 0.165 e. The fourth-order valence-corrected chi connectivity index (χ4v) is 2.21. The highest BCUT2D eigenvalue weighted by molar-refractivity contribution is 5.30. The summed E-state index contributed by atoms with van der Waals surface area (Å²) in [4.78, 5) is 2.20. The molecule has 1 aromatic rings. The van der Waals surface area contributed by atoms with Crippen molar-refractivity contribution in [2.24, 2.45) is 0 Å². The van der Waals surface area contributed by atoms with E-state index in [9.17, 15) is 9.50 Å². The molecule has 0 spiro atoms. The molecule has 1 unspecified atom stereocenters. The van der Waals surface area contributed by atoms with E-state index in [1.54, 1.807) is 12.1 Å². The van der Waals surface area contributed by atoms with E-state index in [0.29, 0.717) is 12.1 Å². The first kappa shape index (κ1) is 12.3. The number of hydrogen-bond donors (Lipinski definition) is 1. The van der Waals surface area contributed by atoms with Crippen LogP contribution in [0.15, 0.2) is 18.2 Å². The molecule has 0 saturated carbocycles. The van der Waals surface area contributed by atoms with Gasteiger partial charge in [0.25, 0.3) is 0 Å². The Morgan fingerprint density at radius 3 is 2.71 bits per heavy atom. The predicted octanol–water partition coefficient (Wildman–Crippen LogP) is 1.96. The molecule has 1 N–H and O–H groups in total. The lowest BCUT2D eigenvalue weighted by molar-refractivity contribution is 0.126. The maximum Gasteiger partial charge on any atom is 0.165 e. The number of rotatable bonds is 4. The lowest BCUT2D eigenvalue weighted by Crippen LogP contribution is -2.25. The van der Waals surface area contributed by atoms with Gasteiger partial charge in [0, 0.05) is 6.54 Å². The maximum absolute atomic E-state index is 13.5. The summed E-state index contributed by atoms with van der Waals surface area (Å²) in [7, 11) is 1.43. The van der Waals surface area contributed by atoms with E-state index in [1.165, 1.54) is 26.0 Å². The number of nitrogens with zero attached hydrogens (tertiary/aromatic N) is 1. The van der Waals surface area contributed by atoms with Gasteiger partial charge in [0.05, 0.1) is 13.2 Å². The number of benzene rings is 1. The number of hydrogen-bond acceptors (Lipinski definition) is 3. The highest BCUT2D eigenvalue weighted by Crippen LogP contribution is 2.23. The van der Waals surface area contributed by atoms with Gasteiger partial charge in [-0.3, -0.25) is 0 Å². The quantitative estimate of drug-likeness (QED) is 0.872. The number of methoxy groups -OCH3 is 1. The molecule has 3 nitrogen and oxygen atoms in total. The number of aliphatic hydroxyl groups is 1. The van der Waals surface area contributed by atoms with Crippen molar-refractivity contribution in [2.45, 2.75) is 18.9 Å². The molecule has 0 aliphatic carbocycles. The first-order valence-corrected chi connectivity index (χ1v) is 5.94. The average molecular weight is 239 g/mol. The van der Waals surface area contributed by atoms with Crippen LogP contribution in [0.1, 0.15) is 24.5 Å². The average Bonchev–Trinajstić information content (AvgIpc) is 2.81. The van der Waals surface area contributed by atoms with Gasteiger partial charge in [-0.2, -0.15) is 0 Å². The molecule has 4 heteroatoms. The normalized spacial score (nSPS) is 18.3. The van der Waals surface area contributed by atoms with E-state index in [-0.39, 0.29) is 5.75 Å². The largest absolute Gasteiger partial charge is 0.494 e. The van der Waals surface area contributed by atoms with Crippen molar-refractivity contribution in [3.8, 4) is 5.75 Å². The molecule has 0 radical (unpaired) electrons. The maximum atomic E-state index is 13.5. The van der Waals surface area contributed by atoms with Gasteiger partial charge < -0.3 is 14.7 Å². The van der Waals surface area contributed by atoms with Crippen LogP contribution < -0.4 is 4.74 Å². The summed E-state index contributed by atoms with van der Waals surface area (Å²) in [5.41, 5.74) is 0.607. The zero-order valence-corrected chi connectivity index (χ0v) is 10.0. The molecule has 94 valence electrons. The summed E-state index contributed by atoms with van der Waals surface area (Å²) in [6.45, 7) is 2.62. The minimum absolute atomic E-state index is 0.210. The molecule has 1 heterocycles. The molecule has 0 bridgehead atoms. The van der Waals surface area contributed by atoms with Crippen LogP contribution in [-0.2, 0) is 0 Å². The highest BCUT2D eigenvalue weighted by atomic mass is 19.1. The Labute approximate surface area is 101 Å². The van der Waals surface area contributed by atoms with Gasteiger partial charge in [0.15, 0.2) is 11.6 Å². The predicted molar refractivity (Wildman–Crippen MR) is 63.6 cm³/mol. The molecule has 17 heavy (non-hydrogen) atoms. The molecule has 0 amide bonds. The molecular formula is C13H18FNO2. The minimum Gasteiger partial charge on any atom is -0.494 e. The summed E-state index contributed by atoms with van der Waals surface area (Å²) in [5.74, 6) is -0.215. The number of β-amino-alcohol motifs (C(OH)–C–C–N with tert-alkyl or cyclic N) is 1.